The molecule has 0 aliphatic carbocycles. The van der Waals surface area contributed by atoms with E-state index in [1.165, 1.54) is 49.7 Å². The lowest BCUT2D eigenvalue weighted by molar-refractivity contribution is 0.460. The first-order valence-electron chi connectivity index (χ1n) is 10.5. The quantitative estimate of drug-likeness (QED) is 0.378. The summed E-state index contributed by atoms with van der Waals surface area (Å²) in [5.74, 6) is 0.722. The van der Waals surface area contributed by atoms with Crippen molar-refractivity contribution in [3.05, 3.63) is 83.9 Å². The molecule has 2 rings (SSSR count). The fourth-order valence-corrected chi connectivity index (χ4v) is 3.36. The highest BCUT2D eigenvalue weighted by Crippen LogP contribution is 2.21. The van der Waals surface area contributed by atoms with E-state index in [0.29, 0.717) is 0 Å². The molecule has 2 aromatic carbocycles. The number of benzene rings is 2. The third-order valence-electron chi connectivity index (χ3n) is 4.98. The van der Waals surface area contributed by atoms with Crippen LogP contribution in [0.2, 0.25) is 0 Å². The van der Waals surface area contributed by atoms with Gasteiger partial charge in [0.1, 0.15) is 0 Å². The molecule has 0 unspecified atom stereocenters. The van der Waals surface area contributed by atoms with E-state index in [1.807, 2.05) is 0 Å². The van der Waals surface area contributed by atoms with Crippen molar-refractivity contribution in [3.63, 3.8) is 0 Å². The van der Waals surface area contributed by atoms with Gasteiger partial charge in [0.15, 0.2) is 0 Å². The molecule has 2 N–H and O–H groups in total. The van der Waals surface area contributed by atoms with E-state index in [2.05, 4.69) is 85.0 Å². The molecule has 0 radical (unpaired) electrons. The third kappa shape index (κ3) is 9.96. The summed E-state index contributed by atoms with van der Waals surface area (Å²) in [5, 5.41) is 0. The molecule has 0 aliphatic heterocycles. The van der Waals surface area contributed by atoms with Crippen molar-refractivity contribution in [1.29, 1.82) is 0 Å². The van der Waals surface area contributed by atoms with E-state index in [1.54, 1.807) is 0 Å². The first-order valence-corrected chi connectivity index (χ1v) is 10.5. The van der Waals surface area contributed by atoms with Gasteiger partial charge in [0.05, 0.1) is 0 Å². The molecule has 0 amide bonds. The van der Waals surface area contributed by atoms with Crippen LogP contribution < -0.4 is 5.73 Å². The number of hydrogen-bond donors (Lipinski definition) is 1. The van der Waals surface area contributed by atoms with Crippen LogP contribution in [0.4, 0.5) is 0 Å². The van der Waals surface area contributed by atoms with Gasteiger partial charge in [-0.25, -0.2) is 0 Å². The zero-order valence-electron chi connectivity index (χ0n) is 16.6. The summed E-state index contributed by atoms with van der Waals surface area (Å²) in [5.41, 5.74) is 8.16. The normalized spacial score (nSPS) is 12.8. The smallest absolute Gasteiger partial charge is 0.00773 e. The number of unbranched alkanes of at least 4 members (excludes halogenated alkanes) is 4. The summed E-state index contributed by atoms with van der Waals surface area (Å²) in [6, 6.07) is 21.2. The zero-order valence-corrected chi connectivity index (χ0v) is 16.6. The third-order valence-corrected chi connectivity index (χ3v) is 4.98. The Bertz CT molecular complexity index is 591. The number of allylic oxidation sites excluding steroid dienone is 2. The minimum atomic E-state index is 0.722. The molecule has 27 heavy (non-hydrogen) atoms. The average Bonchev–Trinajstić information content (AvgIpc) is 2.72. The van der Waals surface area contributed by atoms with Crippen molar-refractivity contribution in [2.45, 2.75) is 51.4 Å². The van der Waals surface area contributed by atoms with E-state index < -0.39 is 0 Å². The van der Waals surface area contributed by atoms with Crippen LogP contribution in [0.5, 0.6) is 0 Å². The van der Waals surface area contributed by atoms with Crippen molar-refractivity contribution in [2.75, 3.05) is 6.54 Å². The van der Waals surface area contributed by atoms with E-state index in [0.717, 1.165) is 25.3 Å². The molecular formula is C26H35N. The Labute approximate surface area is 166 Å². The minimum absolute atomic E-state index is 0.722. The Morgan fingerprint density at radius 1 is 0.630 bits per heavy atom. The van der Waals surface area contributed by atoms with Gasteiger partial charge in [-0.3, -0.25) is 0 Å². The monoisotopic (exact) mass is 361 g/mol. The van der Waals surface area contributed by atoms with Gasteiger partial charge in [0, 0.05) is 0 Å². The van der Waals surface area contributed by atoms with E-state index in [-0.39, 0.29) is 0 Å². The molecule has 0 aliphatic rings. The SMILES string of the molecule is NCCCCCCCC(CC=Cc1ccccc1)CC=Cc1ccccc1. The molecule has 0 saturated carbocycles. The highest BCUT2D eigenvalue weighted by atomic mass is 14.5. The molecule has 0 atom stereocenters. The van der Waals surface area contributed by atoms with Crippen LogP contribution >= 0.6 is 0 Å². The van der Waals surface area contributed by atoms with E-state index in [4.69, 9.17) is 5.73 Å². The molecule has 1 nitrogen and oxygen atoms in total. The summed E-state index contributed by atoms with van der Waals surface area (Å²) in [7, 11) is 0. The van der Waals surface area contributed by atoms with Crippen LogP contribution in [-0.2, 0) is 0 Å². The summed E-state index contributed by atoms with van der Waals surface area (Å²) < 4.78 is 0. The van der Waals surface area contributed by atoms with Crippen molar-refractivity contribution in [2.24, 2.45) is 11.7 Å². The summed E-state index contributed by atoms with van der Waals surface area (Å²) in [6.45, 7) is 0.831. The minimum Gasteiger partial charge on any atom is -0.330 e. The Morgan fingerprint density at radius 3 is 1.63 bits per heavy atom. The lowest BCUT2D eigenvalue weighted by Crippen LogP contribution is -1.99. The Kier molecular flexibility index (Phi) is 11.0. The van der Waals surface area contributed by atoms with Crippen LogP contribution in [0.1, 0.15) is 62.5 Å². The molecule has 0 spiro atoms. The highest BCUT2D eigenvalue weighted by molar-refractivity contribution is 5.49. The van der Waals surface area contributed by atoms with Crippen molar-refractivity contribution >= 4 is 12.2 Å². The molecule has 144 valence electrons. The predicted octanol–water partition coefficient (Wildman–Crippen LogP) is 7.11. The van der Waals surface area contributed by atoms with Gasteiger partial charge in [-0.2, -0.15) is 0 Å². The zero-order chi connectivity index (χ0) is 19.0. The average molecular weight is 362 g/mol. The number of nitrogens with two attached hydrogens (primary N) is 1. The van der Waals surface area contributed by atoms with Gasteiger partial charge in [-0.05, 0) is 49.3 Å². The second-order valence-corrected chi connectivity index (χ2v) is 7.31. The van der Waals surface area contributed by atoms with Gasteiger partial charge in [-0.15, -0.1) is 0 Å². The van der Waals surface area contributed by atoms with Crippen molar-refractivity contribution in [3.8, 4) is 0 Å². The van der Waals surface area contributed by atoms with Crippen molar-refractivity contribution in [1.82, 2.24) is 0 Å². The summed E-state index contributed by atoms with van der Waals surface area (Å²) in [6.07, 6.45) is 19.3. The van der Waals surface area contributed by atoms with E-state index in [9.17, 15) is 0 Å². The molecule has 0 aromatic heterocycles. The molecule has 0 heterocycles. The first-order chi connectivity index (χ1) is 13.4. The Balaban J connectivity index is 1.81. The highest BCUT2D eigenvalue weighted by Gasteiger charge is 2.05. The predicted molar refractivity (Wildman–Crippen MR) is 120 cm³/mol. The maximum atomic E-state index is 5.58. The lowest BCUT2D eigenvalue weighted by Gasteiger charge is -2.13. The Morgan fingerprint density at radius 2 is 1.11 bits per heavy atom. The standard InChI is InChI=1S/C26H35N/c27-23-11-3-1-2-6-14-26(21-12-19-24-15-7-4-8-16-24)22-13-20-25-17-9-5-10-18-25/h4-5,7-10,12-13,15-20,26H,1-3,6,11,14,21-23,27H2. The molecule has 0 fully saturated rings. The van der Waals surface area contributed by atoms with Crippen LogP contribution in [0, 0.1) is 5.92 Å². The summed E-state index contributed by atoms with van der Waals surface area (Å²) >= 11 is 0. The fourth-order valence-electron chi connectivity index (χ4n) is 3.36. The largest absolute Gasteiger partial charge is 0.330 e. The van der Waals surface area contributed by atoms with Crippen LogP contribution in [-0.4, -0.2) is 6.54 Å². The van der Waals surface area contributed by atoms with Crippen LogP contribution in [0.15, 0.2) is 72.8 Å². The second-order valence-electron chi connectivity index (χ2n) is 7.31. The van der Waals surface area contributed by atoms with Gasteiger partial charge in [-0.1, -0.05) is 111 Å². The topological polar surface area (TPSA) is 26.0 Å². The Hall–Kier alpha value is -2.12. The van der Waals surface area contributed by atoms with E-state index >= 15 is 0 Å². The van der Waals surface area contributed by atoms with Gasteiger partial charge < -0.3 is 5.73 Å². The molecule has 2 aromatic rings. The molecule has 1 heteroatoms. The maximum absolute atomic E-state index is 5.58. The van der Waals surface area contributed by atoms with Crippen molar-refractivity contribution < 1.29 is 0 Å². The fraction of sp³-hybridized carbons (Fsp3) is 0.385. The van der Waals surface area contributed by atoms with Crippen LogP contribution in [0.3, 0.4) is 0 Å². The van der Waals surface area contributed by atoms with Crippen LogP contribution in [0.25, 0.3) is 12.2 Å². The van der Waals surface area contributed by atoms with Gasteiger partial charge >= 0.3 is 0 Å². The number of rotatable bonds is 13. The molecular weight excluding hydrogens is 326 g/mol. The van der Waals surface area contributed by atoms with Gasteiger partial charge in [0.25, 0.3) is 0 Å². The lowest BCUT2D eigenvalue weighted by atomic mass is 9.93. The van der Waals surface area contributed by atoms with Gasteiger partial charge in [0.2, 0.25) is 0 Å². The summed E-state index contributed by atoms with van der Waals surface area (Å²) in [4.78, 5) is 0. The molecule has 0 saturated heterocycles. The maximum Gasteiger partial charge on any atom is -0.00773 e. The first kappa shape index (κ1) is 21.2. The number of hydrogen-bond acceptors (Lipinski definition) is 1. The second kappa shape index (κ2) is 14.0. The molecule has 0 bridgehead atoms.